The summed E-state index contributed by atoms with van der Waals surface area (Å²) >= 11 is 0. The highest BCUT2D eigenvalue weighted by molar-refractivity contribution is 5.95. The van der Waals surface area contributed by atoms with Crippen LogP contribution in [0.3, 0.4) is 0 Å². The molecule has 1 spiro atoms. The third-order valence-corrected chi connectivity index (χ3v) is 8.95. The molecule has 11 heteroatoms. The standard InChI is InChI=1S/C36H35F3N4O4/c1-20-13-25(16-26(14-20)36(37,38)39)32-35(11-12-35)43(34(45)47-32)19-30-29(18-40-33(41-30)42(4)5)28-17-24(8-10-31(28)46-6)27-9-7-23(22(3)44)15-21(27)2/h7-10,13-18,32H,11-12,19H2,1-6H3/t32-/m1/s1. The van der Waals surface area contributed by atoms with Gasteiger partial charge in [-0.1, -0.05) is 29.8 Å². The first-order valence-corrected chi connectivity index (χ1v) is 15.2. The molecule has 1 aliphatic heterocycles. The molecule has 1 saturated heterocycles. The van der Waals surface area contributed by atoms with Crippen LogP contribution in [0, 0.1) is 13.8 Å². The van der Waals surface area contributed by atoms with Crippen LogP contribution in [0.4, 0.5) is 23.9 Å². The highest BCUT2D eigenvalue weighted by Gasteiger charge is 2.63. The highest BCUT2D eigenvalue weighted by atomic mass is 19.4. The van der Waals surface area contributed by atoms with Crippen molar-refractivity contribution in [1.82, 2.24) is 14.9 Å². The summed E-state index contributed by atoms with van der Waals surface area (Å²) < 4.78 is 52.7. The van der Waals surface area contributed by atoms with Crippen LogP contribution in [0.2, 0.25) is 0 Å². The summed E-state index contributed by atoms with van der Waals surface area (Å²) in [6.45, 7) is 5.13. The van der Waals surface area contributed by atoms with E-state index in [1.54, 1.807) is 42.2 Å². The molecule has 244 valence electrons. The zero-order valence-electron chi connectivity index (χ0n) is 27.0. The number of aryl methyl sites for hydroxylation is 2. The van der Waals surface area contributed by atoms with Crippen LogP contribution in [0.5, 0.6) is 5.75 Å². The van der Waals surface area contributed by atoms with Crippen molar-refractivity contribution >= 4 is 17.8 Å². The van der Waals surface area contributed by atoms with Gasteiger partial charge in [-0.2, -0.15) is 13.2 Å². The molecule has 6 rings (SSSR count). The van der Waals surface area contributed by atoms with Gasteiger partial charge >= 0.3 is 12.3 Å². The number of anilines is 1. The van der Waals surface area contributed by atoms with Gasteiger partial charge in [0.15, 0.2) is 11.9 Å². The molecule has 0 radical (unpaired) electrons. The van der Waals surface area contributed by atoms with E-state index in [0.29, 0.717) is 58.1 Å². The third kappa shape index (κ3) is 5.90. The van der Waals surface area contributed by atoms with E-state index in [0.717, 1.165) is 28.8 Å². The molecule has 2 aliphatic rings. The Morgan fingerprint density at radius 2 is 1.79 bits per heavy atom. The zero-order valence-corrected chi connectivity index (χ0v) is 27.0. The Balaban J connectivity index is 1.42. The van der Waals surface area contributed by atoms with E-state index in [-0.39, 0.29) is 12.3 Å². The molecule has 1 saturated carbocycles. The van der Waals surface area contributed by atoms with Gasteiger partial charge in [0.2, 0.25) is 5.95 Å². The molecule has 47 heavy (non-hydrogen) atoms. The number of carbonyl (C=O) groups excluding carboxylic acids is 2. The lowest BCUT2D eigenvalue weighted by Crippen LogP contribution is -2.36. The zero-order chi connectivity index (χ0) is 33.8. The number of alkyl halides is 3. The molecule has 1 aromatic heterocycles. The molecular formula is C36H35F3N4O4. The number of hydrogen-bond donors (Lipinski definition) is 0. The Morgan fingerprint density at radius 1 is 1.04 bits per heavy atom. The summed E-state index contributed by atoms with van der Waals surface area (Å²) in [7, 11) is 5.19. The summed E-state index contributed by atoms with van der Waals surface area (Å²) in [5.41, 5.74) is 4.43. The van der Waals surface area contributed by atoms with Crippen LogP contribution >= 0.6 is 0 Å². The molecule has 1 aliphatic carbocycles. The van der Waals surface area contributed by atoms with Crippen LogP contribution in [-0.2, 0) is 17.5 Å². The topological polar surface area (TPSA) is 84.9 Å². The quantitative estimate of drug-likeness (QED) is 0.180. The molecule has 0 N–H and O–H groups in total. The molecule has 1 amide bonds. The number of Topliss-reactive ketones (excluding diaryl/α,β-unsaturated/α-hetero) is 1. The molecule has 0 bridgehead atoms. The van der Waals surface area contributed by atoms with Gasteiger partial charge in [-0.3, -0.25) is 9.69 Å². The number of rotatable bonds is 8. The second-order valence-electron chi connectivity index (χ2n) is 12.5. The predicted octanol–water partition coefficient (Wildman–Crippen LogP) is 7.95. The maximum absolute atomic E-state index is 13.7. The van der Waals surface area contributed by atoms with Gasteiger partial charge in [0.1, 0.15) is 5.75 Å². The van der Waals surface area contributed by atoms with Crippen molar-refractivity contribution in [2.45, 2.75) is 58.0 Å². The normalized spacial score (nSPS) is 16.7. The smallest absolute Gasteiger partial charge is 0.416 e. The molecule has 2 heterocycles. The van der Waals surface area contributed by atoms with Crippen molar-refractivity contribution in [3.05, 3.63) is 94.3 Å². The van der Waals surface area contributed by atoms with Crippen LogP contribution in [0.15, 0.2) is 60.8 Å². The van der Waals surface area contributed by atoms with Gasteiger partial charge in [-0.15, -0.1) is 0 Å². The minimum absolute atomic E-state index is 0.0165. The fourth-order valence-corrected chi connectivity index (χ4v) is 6.40. The van der Waals surface area contributed by atoms with Gasteiger partial charge in [0.05, 0.1) is 30.5 Å². The van der Waals surface area contributed by atoms with Gasteiger partial charge in [0, 0.05) is 37.0 Å². The number of ether oxygens (including phenoxy) is 2. The summed E-state index contributed by atoms with van der Waals surface area (Å²) in [6.07, 6.45) is -3.14. The summed E-state index contributed by atoms with van der Waals surface area (Å²) in [4.78, 5) is 38.2. The molecule has 0 unspecified atom stereocenters. The maximum atomic E-state index is 13.7. The second kappa shape index (κ2) is 11.7. The van der Waals surface area contributed by atoms with Crippen LogP contribution < -0.4 is 9.64 Å². The lowest BCUT2D eigenvalue weighted by molar-refractivity contribution is -0.137. The molecule has 8 nitrogen and oxygen atoms in total. The van der Waals surface area contributed by atoms with Gasteiger partial charge in [-0.05, 0) is 86.2 Å². The first-order valence-electron chi connectivity index (χ1n) is 15.2. The van der Waals surface area contributed by atoms with Crippen molar-refractivity contribution in [2.75, 3.05) is 26.1 Å². The molecule has 3 aromatic carbocycles. The van der Waals surface area contributed by atoms with E-state index in [9.17, 15) is 22.8 Å². The highest BCUT2D eigenvalue weighted by Crippen LogP contribution is 2.58. The van der Waals surface area contributed by atoms with E-state index < -0.39 is 29.5 Å². The number of methoxy groups -OCH3 is 1. The summed E-state index contributed by atoms with van der Waals surface area (Å²) in [5.74, 6) is 0.978. The third-order valence-electron chi connectivity index (χ3n) is 8.95. The molecular weight excluding hydrogens is 609 g/mol. The largest absolute Gasteiger partial charge is 0.496 e. The fraction of sp³-hybridized carbons (Fsp3) is 0.333. The molecule has 4 aromatic rings. The lowest BCUT2D eigenvalue weighted by Gasteiger charge is -2.26. The fourth-order valence-electron chi connectivity index (χ4n) is 6.40. The van der Waals surface area contributed by atoms with E-state index >= 15 is 0 Å². The molecule has 2 fully saturated rings. The van der Waals surface area contributed by atoms with Crippen LogP contribution in [0.25, 0.3) is 22.3 Å². The number of aromatic nitrogens is 2. The Hall–Kier alpha value is -4.93. The second-order valence-corrected chi connectivity index (χ2v) is 12.5. The SMILES string of the molecule is COc1ccc(-c2ccc(C(C)=O)cc2C)cc1-c1cnc(N(C)C)nc1CN1C(=O)O[C@H](c2cc(C)cc(C(F)(F)F)c2)C12CC2. The van der Waals surface area contributed by atoms with Crippen molar-refractivity contribution in [3.63, 3.8) is 0 Å². The summed E-state index contributed by atoms with van der Waals surface area (Å²) in [6, 6.07) is 15.1. The van der Waals surface area contributed by atoms with Gasteiger partial charge < -0.3 is 14.4 Å². The van der Waals surface area contributed by atoms with Crippen molar-refractivity contribution < 1.29 is 32.2 Å². The van der Waals surface area contributed by atoms with Gasteiger partial charge in [-0.25, -0.2) is 14.8 Å². The van der Waals surface area contributed by atoms with Crippen molar-refractivity contribution in [1.29, 1.82) is 0 Å². The number of amides is 1. The Kier molecular flexibility index (Phi) is 7.97. The van der Waals surface area contributed by atoms with Crippen LogP contribution in [0.1, 0.15) is 64.2 Å². The number of ketones is 1. The summed E-state index contributed by atoms with van der Waals surface area (Å²) in [5, 5.41) is 0. The first kappa shape index (κ1) is 32.0. The van der Waals surface area contributed by atoms with E-state index in [4.69, 9.17) is 14.5 Å². The number of halogens is 3. The Bertz CT molecular complexity index is 1900. The monoisotopic (exact) mass is 644 g/mol. The average molecular weight is 645 g/mol. The first-order chi connectivity index (χ1) is 22.2. The van der Waals surface area contributed by atoms with Crippen molar-refractivity contribution in [2.24, 2.45) is 0 Å². The minimum Gasteiger partial charge on any atom is -0.496 e. The number of cyclic esters (lactones) is 1. The lowest BCUT2D eigenvalue weighted by atomic mass is 9.93. The van der Waals surface area contributed by atoms with Crippen LogP contribution in [-0.4, -0.2) is 53.5 Å². The maximum Gasteiger partial charge on any atom is 0.416 e. The average Bonchev–Trinajstić information content (AvgIpc) is 3.77. The number of hydrogen-bond acceptors (Lipinski definition) is 7. The number of benzene rings is 3. The van der Waals surface area contributed by atoms with E-state index in [2.05, 4.69) is 4.98 Å². The molecule has 1 atom stereocenters. The van der Waals surface area contributed by atoms with Gasteiger partial charge in [0.25, 0.3) is 0 Å². The predicted molar refractivity (Wildman–Crippen MR) is 171 cm³/mol. The number of nitrogens with zero attached hydrogens (tertiary/aromatic N) is 4. The van der Waals surface area contributed by atoms with E-state index in [1.807, 2.05) is 51.4 Å². The Morgan fingerprint density at radius 3 is 2.40 bits per heavy atom. The minimum atomic E-state index is -4.53. The van der Waals surface area contributed by atoms with Crippen molar-refractivity contribution in [3.8, 4) is 28.0 Å². The Labute approximate surface area is 271 Å². The number of carbonyl (C=O) groups is 2. The van der Waals surface area contributed by atoms with E-state index in [1.165, 1.54) is 6.92 Å².